The van der Waals surface area contributed by atoms with E-state index in [0.717, 1.165) is 10.6 Å². The van der Waals surface area contributed by atoms with Crippen molar-refractivity contribution in [3.05, 3.63) is 53.1 Å². The molecule has 0 aliphatic rings. The fraction of sp³-hybridized carbons (Fsp3) is 0.222. The van der Waals surface area contributed by atoms with Crippen LogP contribution < -0.4 is 10.1 Å². The van der Waals surface area contributed by atoms with E-state index in [1.54, 1.807) is 34.8 Å². The van der Waals surface area contributed by atoms with E-state index in [0.29, 0.717) is 17.9 Å². The number of nitrogens with zero attached hydrogens (tertiary/aromatic N) is 1. The lowest BCUT2D eigenvalue weighted by Gasteiger charge is -2.08. The third-order valence-electron chi connectivity index (χ3n) is 3.45. The Labute approximate surface area is 170 Å². The van der Waals surface area contributed by atoms with E-state index in [4.69, 9.17) is 21.5 Å². The van der Waals surface area contributed by atoms with Crippen molar-refractivity contribution in [2.45, 2.75) is 11.3 Å². The van der Waals surface area contributed by atoms with Crippen molar-refractivity contribution < 1.29 is 19.8 Å². The molecule has 0 heterocycles. The molecule has 1 amide bonds. The molecule has 0 aliphatic carbocycles. The van der Waals surface area contributed by atoms with Gasteiger partial charge in [-0.05, 0) is 42.0 Å². The van der Waals surface area contributed by atoms with E-state index >= 15 is 0 Å². The first kappa shape index (κ1) is 21.3. The number of nitrogens with one attached hydrogen (secondary N) is 1. The summed E-state index contributed by atoms with van der Waals surface area (Å²) in [4.78, 5) is 13.2. The van der Waals surface area contributed by atoms with E-state index in [2.05, 4.69) is 10.5 Å². The van der Waals surface area contributed by atoms with Gasteiger partial charge in [0.15, 0.2) is 0 Å². The zero-order valence-corrected chi connectivity index (χ0v) is 16.9. The summed E-state index contributed by atoms with van der Waals surface area (Å²) in [5.41, 5.74) is 0.634. The van der Waals surface area contributed by atoms with E-state index in [-0.39, 0.29) is 22.9 Å². The molecule has 0 saturated carbocycles. The average molecular weight is 427 g/mol. The van der Waals surface area contributed by atoms with Gasteiger partial charge in [-0.1, -0.05) is 44.4 Å². The second-order valence-electron chi connectivity index (χ2n) is 5.35. The number of hydrogen-bond acceptors (Lipinski definition) is 7. The van der Waals surface area contributed by atoms with Gasteiger partial charge in [0, 0.05) is 23.6 Å². The van der Waals surface area contributed by atoms with Gasteiger partial charge in [-0.3, -0.25) is 4.79 Å². The van der Waals surface area contributed by atoms with E-state index in [1.807, 2.05) is 24.3 Å². The van der Waals surface area contributed by atoms with E-state index < -0.39 is 5.91 Å². The van der Waals surface area contributed by atoms with Crippen LogP contribution in [0.5, 0.6) is 11.5 Å². The summed E-state index contributed by atoms with van der Waals surface area (Å²) in [6.45, 7) is 0.433. The topological polar surface area (TPSA) is 91.2 Å². The Balaban J connectivity index is 1.73. The lowest BCUT2D eigenvalue weighted by Crippen LogP contribution is -2.33. The molecule has 0 atom stereocenters. The monoisotopic (exact) mass is 426 g/mol. The number of oxime groups is 1. The van der Waals surface area contributed by atoms with Gasteiger partial charge in [0.25, 0.3) is 5.91 Å². The summed E-state index contributed by atoms with van der Waals surface area (Å²) >= 11 is 5.84. The summed E-state index contributed by atoms with van der Waals surface area (Å²) in [7, 11) is 4.83. The average Bonchev–Trinajstić information content (AvgIpc) is 2.68. The number of carbonyl (C=O) groups excluding carboxylic acids is 1. The molecule has 2 aromatic rings. The van der Waals surface area contributed by atoms with Crippen LogP contribution in [0.2, 0.25) is 5.02 Å². The van der Waals surface area contributed by atoms with Crippen molar-refractivity contribution in [1.82, 2.24) is 5.32 Å². The quantitative estimate of drug-likeness (QED) is 0.185. The third-order valence-corrected chi connectivity index (χ3v) is 6.14. The molecular formula is C18H19ClN2O4S2. The zero-order chi connectivity index (χ0) is 19.6. The van der Waals surface area contributed by atoms with E-state index in [9.17, 15) is 9.90 Å². The fourth-order valence-electron chi connectivity index (χ4n) is 2.06. The largest absolute Gasteiger partial charge is 0.506 e. The normalized spacial score (nSPS) is 11.3. The number of hydrogen-bond donors (Lipinski definition) is 3. The summed E-state index contributed by atoms with van der Waals surface area (Å²) in [5.74, 6) is 1.00. The highest BCUT2D eigenvalue weighted by molar-refractivity contribution is 8.76. The van der Waals surface area contributed by atoms with Crippen molar-refractivity contribution in [1.29, 1.82) is 0 Å². The molecule has 0 aromatic heterocycles. The SMILES string of the molecule is COc1ccc(SSCCNC(=O)/C(Cc2ccc(O)c(Cl)c2)=N/O)cc1. The number of methoxy groups -OCH3 is 1. The van der Waals surface area contributed by atoms with Gasteiger partial charge in [0.2, 0.25) is 0 Å². The summed E-state index contributed by atoms with van der Waals surface area (Å²) < 4.78 is 5.11. The number of rotatable bonds is 9. The maximum atomic E-state index is 12.1. The van der Waals surface area contributed by atoms with Crippen LogP contribution in [0.4, 0.5) is 0 Å². The second-order valence-corrected chi connectivity index (χ2v) is 8.24. The Morgan fingerprint density at radius 3 is 2.63 bits per heavy atom. The molecule has 0 bridgehead atoms. The molecule has 0 saturated heterocycles. The Morgan fingerprint density at radius 1 is 1.26 bits per heavy atom. The molecule has 0 spiro atoms. The van der Waals surface area contributed by atoms with Crippen LogP contribution in [0.25, 0.3) is 0 Å². The smallest absolute Gasteiger partial charge is 0.269 e. The van der Waals surface area contributed by atoms with Crippen LogP contribution in [0.15, 0.2) is 52.5 Å². The first-order valence-electron chi connectivity index (χ1n) is 7.93. The van der Waals surface area contributed by atoms with Gasteiger partial charge in [0.05, 0.1) is 12.1 Å². The number of halogens is 1. The van der Waals surface area contributed by atoms with Gasteiger partial charge in [0.1, 0.15) is 17.2 Å². The number of benzene rings is 2. The number of aromatic hydroxyl groups is 1. The molecule has 0 radical (unpaired) electrons. The fourth-order valence-corrected chi connectivity index (χ4v) is 4.16. The van der Waals surface area contributed by atoms with Crippen LogP contribution in [-0.4, -0.2) is 41.3 Å². The van der Waals surface area contributed by atoms with Crippen molar-refractivity contribution in [3.8, 4) is 11.5 Å². The summed E-state index contributed by atoms with van der Waals surface area (Å²) in [6, 6.07) is 12.3. The van der Waals surface area contributed by atoms with Crippen LogP contribution >= 0.6 is 33.2 Å². The second kappa shape index (κ2) is 11.0. The van der Waals surface area contributed by atoms with Gasteiger partial charge in [-0.25, -0.2) is 0 Å². The molecule has 3 N–H and O–H groups in total. The van der Waals surface area contributed by atoms with Gasteiger partial charge in [-0.2, -0.15) is 0 Å². The Hall–Kier alpha value is -2.03. The van der Waals surface area contributed by atoms with Crippen molar-refractivity contribution >= 4 is 44.8 Å². The molecule has 27 heavy (non-hydrogen) atoms. The first-order valence-corrected chi connectivity index (χ1v) is 10.6. The standard InChI is InChI=1S/C18H19ClN2O4S2/c1-25-13-3-5-14(6-4-13)27-26-9-8-20-18(23)16(21-24)11-12-2-7-17(22)15(19)10-12/h2-7,10,22,24H,8-9,11H2,1H3,(H,20,23)/b21-16+. The van der Waals surface area contributed by atoms with Crippen molar-refractivity contribution in [2.75, 3.05) is 19.4 Å². The van der Waals surface area contributed by atoms with Crippen molar-refractivity contribution in [2.24, 2.45) is 5.16 Å². The summed E-state index contributed by atoms with van der Waals surface area (Å²) in [5, 5.41) is 24.5. The minimum Gasteiger partial charge on any atom is -0.506 e. The molecule has 0 aliphatic heterocycles. The van der Waals surface area contributed by atoms with Crippen molar-refractivity contribution in [3.63, 3.8) is 0 Å². The molecule has 6 nitrogen and oxygen atoms in total. The highest BCUT2D eigenvalue weighted by Crippen LogP contribution is 2.31. The van der Waals surface area contributed by atoms with Crippen LogP contribution in [0, 0.1) is 0 Å². The molecule has 0 unspecified atom stereocenters. The minimum absolute atomic E-state index is 0.0236. The summed E-state index contributed by atoms with van der Waals surface area (Å²) in [6.07, 6.45) is 0.107. The molecule has 2 rings (SSSR count). The van der Waals surface area contributed by atoms with Gasteiger partial charge in [-0.15, -0.1) is 0 Å². The van der Waals surface area contributed by atoms with Crippen LogP contribution in [-0.2, 0) is 11.2 Å². The number of phenols is 1. The molecule has 2 aromatic carbocycles. The maximum absolute atomic E-state index is 12.1. The number of ether oxygens (including phenoxy) is 1. The first-order chi connectivity index (χ1) is 13.0. The molecule has 0 fully saturated rings. The van der Waals surface area contributed by atoms with Crippen LogP contribution in [0.3, 0.4) is 0 Å². The molecular weight excluding hydrogens is 408 g/mol. The van der Waals surface area contributed by atoms with Crippen LogP contribution in [0.1, 0.15) is 5.56 Å². The predicted octanol–water partition coefficient (Wildman–Crippen LogP) is 3.98. The van der Waals surface area contributed by atoms with E-state index in [1.165, 1.54) is 12.1 Å². The number of phenolic OH excluding ortho intramolecular Hbond substituents is 1. The Morgan fingerprint density at radius 2 is 2.00 bits per heavy atom. The Bertz CT molecular complexity index is 800. The highest BCUT2D eigenvalue weighted by Gasteiger charge is 2.13. The molecule has 9 heteroatoms. The third kappa shape index (κ3) is 6.89. The lowest BCUT2D eigenvalue weighted by molar-refractivity contribution is -0.114. The zero-order valence-electron chi connectivity index (χ0n) is 14.5. The predicted molar refractivity (Wildman–Crippen MR) is 110 cm³/mol. The minimum atomic E-state index is -0.447. The molecule has 144 valence electrons. The van der Waals surface area contributed by atoms with Gasteiger partial charge < -0.3 is 20.4 Å². The highest BCUT2D eigenvalue weighted by atomic mass is 35.5. The lowest BCUT2D eigenvalue weighted by atomic mass is 10.1. The maximum Gasteiger partial charge on any atom is 0.269 e. The Kier molecular flexibility index (Phi) is 8.63. The number of carbonyl (C=O) groups is 1. The number of amides is 1. The van der Waals surface area contributed by atoms with Gasteiger partial charge >= 0.3 is 0 Å².